The lowest BCUT2D eigenvalue weighted by atomic mass is 9.75. The minimum absolute atomic E-state index is 0.182. The zero-order valence-electron chi connectivity index (χ0n) is 12.0. The summed E-state index contributed by atoms with van der Waals surface area (Å²) in [7, 11) is 0. The lowest BCUT2D eigenvalue weighted by Crippen LogP contribution is -2.46. The van der Waals surface area contributed by atoms with E-state index in [4.69, 9.17) is 0 Å². The van der Waals surface area contributed by atoms with Crippen LogP contribution < -0.4 is 5.32 Å². The van der Waals surface area contributed by atoms with Crippen molar-refractivity contribution in [3.63, 3.8) is 0 Å². The van der Waals surface area contributed by atoms with E-state index in [1.165, 1.54) is 38.5 Å². The molecule has 0 aromatic rings. The highest BCUT2D eigenvalue weighted by Gasteiger charge is 2.28. The van der Waals surface area contributed by atoms with Crippen LogP contribution in [0.4, 0.5) is 4.79 Å². The molecular formula is C15H28N2O. The first-order valence-corrected chi connectivity index (χ1v) is 7.62. The second-order valence-electron chi connectivity index (χ2n) is 6.79. The van der Waals surface area contributed by atoms with Gasteiger partial charge in [0.05, 0.1) is 0 Å². The number of carbonyl (C=O) groups is 1. The van der Waals surface area contributed by atoms with Crippen molar-refractivity contribution in [2.45, 2.75) is 71.3 Å². The number of amides is 2. The Labute approximate surface area is 111 Å². The molecule has 1 heterocycles. The molecular weight excluding hydrogens is 224 g/mol. The highest BCUT2D eigenvalue weighted by molar-refractivity contribution is 5.74. The minimum atomic E-state index is 0.182. The Balaban J connectivity index is 1.77. The van der Waals surface area contributed by atoms with Crippen molar-refractivity contribution in [2.75, 3.05) is 13.1 Å². The molecule has 2 aliphatic rings. The summed E-state index contributed by atoms with van der Waals surface area (Å²) in [6.07, 6.45) is 9.66. The Bertz CT molecular complexity index is 270. The van der Waals surface area contributed by atoms with Gasteiger partial charge in [0.2, 0.25) is 0 Å². The lowest BCUT2D eigenvalue weighted by molar-refractivity contribution is 0.174. The summed E-state index contributed by atoms with van der Waals surface area (Å²) in [6, 6.07) is 0.593. The fourth-order valence-electron chi connectivity index (χ4n) is 3.08. The number of nitrogens with one attached hydrogen (secondary N) is 1. The molecule has 1 N–H and O–H groups in total. The number of urea groups is 1. The Kier molecular flexibility index (Phi) is 4.52. The van der Waals surface area contributed by atoms with Gasteiger partial charge in [-0.15, -0.1) is 0 Å². The Morgan fingerprint density at radius 3 is 2.17 bits per heavy atom. The van der Waals surface area contributed by atoms with Crippen LogP contribution in [0.25, 0.3) is 0 Å². The molecule has 0 aromatic heterocycles. The van der Waals surface area contributed by atoms with Crippen molar-refractivity contribution in [2.24, 2.45) is 5.41 Å². The van der Waals surface area contributed by atoms with Crippen molar-refractivity contribution in [1.29, 1.82) is 0 Å². The third-order valence-electron chi connectivity index (χ3n) is 4.56. The van der Waals surface area contributed by atoms with Crippen molar-refractivity contribution < 1.29 is 4.79 Å². The fraction of sp³-hybridized carbons (Fsp3) is 0.933. The molecule has 104 valence electrons. The molecule has 0 spiro atoms. The molecule has 2 fully saturated rings. The van der Waals surface area contributed by atoms with Crippen LogP contribution >= 0.6 is 0 Å². The summed E-state index contributed by atoms with van der Waals surface area (Å²) in [5, 5.41) is 3.24. The maximum atomic E-state index is 12.2. The molecule has 0 bridgehead atoms. The maximum Gasteiger partial charge on any atom is 0.317 e. The van der Waals surface area contributed by atoms with E-state index >= 15 is 0 Å². The van der Waals surface area contributed by atoms with Gasteiger partial charge in [0, 0.05) is 19.1 Å². The molecule has 0 unspecified atom stereocenters. The number of nitrogens with zero attached hydrogens (tertiary/aromatic N) is 1. The van der Waals surface area contributed by atoms with Crippen molar-refractivity contribution in [1.82, 2.24) is 10.2 Å². The van der Waals surface area contributed by atoms with Crippen molar-refractivity contribution in [3.8, 4) is 0 Å². The highest BCUT2D eigenvalue weighted by atomic mass is 16.2. The lowest BCUT2D eigenvalue weighted by Gasteiger charge is -2.35. The highest BCUT2D eigenvalue weighted by Crippen LogP contribution is 2.35. The van der Waals surface area contributed by atoms with E-state index in [1.54, 1.807) is 0 Å². The number of rotatable bonds is 1. The van der Waals surface area contributed by atoms with Gasteiger partial charge in [-0.25, -0.2) is 4.79 Å². The van der Waals surface area contributed by atoms with E-state index < -0.39 is 0 Å². The van der Waals surface area contributed by atoms with Crippen LogP contribution in [0.2, 0.25) is 0 Å². The first kappa shape index (κ1) is 13.7. The summed E-state index contributed by atoms with van der Waals surface area (Å²) < 4.78 is 0. The van der Waals surface area contributed by atoms with Crippen LogP contribution in [-0.4, -0.2) is 30.1 Å². The largest absolute Gasteiger partial charge is 0.335 e. The molecule has 0 aromatic carbocycles. The number of hydrogen-bond donors (Lipinski definition) is 1. The van der Waals surface area contributed by atoms with Gasteiger partial charge in [-0.3, -0.25) is 0 Å². The average molecular weight is 252 g/mol. The molecule has 2 amide bonds. The predicted molar refractivity (Wildman–Crippen MR) is 74.6 cm³/mol. The molecule has 2 rings (SSSR count). The van der Waals surface area contributed by atoms with Crippen LogP contribution in [0.3, 0.4) is 0 Å². The zero-order valence-corrected chi connectivity index (χ0v) is 12.0. The van der Waals surface area contributed by atoms with E-state index in [1.807, 2.05) is 4.90 Å². The second-order valence-corrected chi connectivity index (χ2v) is 6.79. The first-order chi connectivity index (χ1) is 8.57. The van der Waals surface area contributed by atoms with Gasteiger partial charge < -0.3 is 10.2 Å². The van der Waals surface area contributed by atoms with Crippen LogP contribution in [0.5, 0.6) is 0 Å². The van der Waals surface area contributed by atoms with Crippen molar-refractivity contribution >= 4 is 6.03 Å². The summed E-state index contributed by atoms with van der Waals surface area (Å²) in [4.78, 5) is 14.2. The normalized spacial score (nSPS) is 25.6. The molecule has 0 radical (unpaired) electrons. The molecule has 1 saturated heterocycles. The van der Waals surface area contributed by atoms with Gasteiger partial charge in [0.15, 0.2) is 0 Å². The molecule has 3 nitrogen and oxygen atoms in total. The molecule has 0 atom stereocenters. The summed E-state index contributed by atoms with van der Waals surface area (Å²) in [5.41, 5.74) is 0.476. The second kappa shape index (κ2) is 5.94. The van der Waals surface area contributed by atoms with Crippen LogP contribution in [0.1, 0.15) is 65.2 Å². The summed E-state index contributed by atoms with van der Waals surface area (Å²) >= 11 is 0. The van der Waals surface area contributed by atoms with Gasteiger partial charge in [-0.1, -0.05) is 26.7 Å². The number of hydrogen-bond acceptors (Lipinski definition) is 1. The van der Waals surface area contributed by atoms with Gasteiger partial charge in [-0.2, -0.15) is 0 Å². The van der Waals surface area contributed by atoms with Gasteiger partial charge >= 0.3 is 6.03 Å². The van der Waals surface area contributed by atoms with E-state index in [9.17, 15) is 4.79 Å². The van der Waals surface area contributed by atoms with E-state index in [2.05, 4.69) is 19.2 Å². The van der Waals surface area contributed by atoms with Gasteiger partial charge in [-0.05, 0) is 43.9 Å². The Hall–Kier alpha value is -0.730. The molecule has 1 aliphatic carbocycles. The molecule has 1 aliphatic heterocycles. The Morgan fingerprint density at radius 1 is 1.06 bits per heavy atom. The molecule has 18 heavy (non-hydrogen) atoms. The molecule has 3 heteroatoms. The third kappa shape index (κ3) is 3.89. The quantitative estimate of drug-likeness (QED) is 0.760. The van der Waals surface area contributed by atoms with Gasteiger partial charge in [0.1, 0.15) is 0 Å². The monoisotopic (exact) mass is 252 g/mol. The molecule has 1 saturated carbocycles. The fourth-order valence-corrected chi connectivity index (χ4v) is 3.08. The topological polar surface area (TPSA) is 32.3 Å². The standard InChI is InChI=1S/C15H28N2O/c1-15(2)9-7-13(8-10-15)16-14(18)17-11-5-3-4-6-12-17/h13H,3-12H2,1-2H3,(H,16,18). The Morgan fingerprint density at radius 2 is 1.61 bits per heavy atom. The first-order valence-electron chi connectivity index (χ1n) is 7.62. The van der Waals surface area contributed by atoms with Gasteiger partial charge in [0.25, 0.3) is 0 Å². The van der Waals surface area contributed by atoms with Crippen molar-refractivity contribution in [3.05, 3.63) is 0 Å². The smallest absolute Gasteiger partial charge is 0.317 e. The summed E-state index contributed by atoms with van der Waals surface area (Å²) in [6.45, 7) is 6.56. The third-order valence-corrected chi connectivity index (χ3v) is 4.56. The number of likely N-dealkylation sites (tertiary alicyclic amines) is 1. The van der Waals surface area contributed by atoms with E-state index in [-0.39, 0.29) is 6.03 Å². The van der Waals surface area contributed by atoms with Crippen LogP contribution in [0, 0.1) is 5.41 Å². The SMILES string of the molecule is CC1(C)CCC(NC(=O)N2CCCCCC2)CC1. The average Bonchev–Trinajstić information content (AvgIpc) is 2.60. The van der Waals surface area contributed by atoms with E-state index in [0.29, 0.717) is 11.5 Å². The summed E-state index contributed by atoms with van der Waals surface area (Å²) in [5.74, 6) is 0. The number of carbonyl (C=O) groups excluding carboxylic acids is 1. The predicted octanol–water partition coefficient (Wildman–Crippen LogP) is 3.54. The zero-order chi connectivity index (χ0) is 13.0. The van der Waals surface area contributed by atoms with Crippen LogP contribution in [-0.2, 0) is 0 Å². The minimum Gasteiger partial charge on any atom is -0.335 e. The van der Waals surface area contributed by atoms with E-state index in [0.717, 1.165) is 25.9 Å². The van der Waals surface area contributed by atoms with Crippen LogP contribution in [0.15, 0.2) is 0 Å². The maximum absolute atomic E-state index is 12.2.